The number of nitrogens with two attached hydrogens (primary N) is 3. The van der Waals surface area contributed by atoms with Crippen LogP contribution in [0, 0.1) is 0 Å². The zero-order chi connectivity index (χ0) is 18.9. The molecule has 0 aromatic carbocycles. The summed E-state index contributed by atoms with van der Waals surface area (Å²) in [6, 6.07) is 1.99. The molecule has 1 unspecified atom stereocenters. The Balaban J connectivity index is 2.14. The molecule has 2 heterocycles. The molecule has 0 radical (unpaired) electrons. The Morgan fingerprint density at radius 3 is 2.85 bits per heavy atom. The number of hydrogen-bond acceptors (Lipinski definition) is 7. The fourth-order valence-corrected chi connectivity index (χ4v) is 2.63. The predicted octanol–water partition coefficient (Wildman–Crippen LogP) is 1.88. The summed E-state index contributed by atoms with van der Waals surface area (Å²) in [5.74, 6) is 0.547. The van der Waals surface area contributed by atoms with Crippen molar-refractivity contribution in [3.63, 3.8) is 0 Å². The second-order valence-corrected chi connectivity index (χ2v) is 5.88. The third-order valence-electron chi connectivity index (χ3n) is 3.87. The van der Waals surface area contributed by atoms with Crippen LogP contribution in [0.5, 0.6) is 0 Å². The number of pyridine rings is 1. The standard InChI is InChI=1S/C19H27N7/c1-3-4-13(9-20)7-18(22)26-19-6-5-16-17(25-19)8-14(12-24-16)15(10-21)11-23-2/h5-12,19,25-26H,3-4,20-22H2,1-2H3/b13-9-,15-10?,18-7+,23-11?. The van der Waals surface area contributed by atoms with Crippen LogP contribution in [0.15, 0.2) is 53.2 Å². The summed E-state index contributed by atoms with van der Waals surface area (Å²) in [5.41, 5.74) is 21.8. The van der Waals surface area contributed by atoms with Crippen molar-refractivity contribution >= 4 is 23.6 Å². The van der Waals surface area contributed by atoms with Gasteiger partial charge in [-0.3, -0.25) is 9.98 Å². The van der Waals surface area contributed by atoms with E-state index in [1.807, 2.05) is 24.3 Å². The van der Waals surface area contributed by atoms with Crippen LogP contribution in [-0.2, 0) is 0 Å². The van der Waals surface area contributed by atoms with Crippen molar-refractivity contribution < 1.29 is 0 Å². The van der Waals surface area contributed by atoms with Gasteiger partial charge in [0.2, 0.25) is 0 Å². The van der Waals surface area contributed by atoms with E-state index in [0.29, 0.717) is 5.82 Å². The van der Waals surface area contributed by atoms with Crippen LogP contribution in [0.4, 0.5) is 5.69 Å². The van der Waals surface area contributed by atoms with Gasteiger partial charge in [-0.05, 0) is 42.5 Å². The van der Waals surface area contributed by atoms with Gasteiger partial charge in [0.15, 0.2) is 0 Å². The summed E-state index contributed by atoms with van der Waals surface area (Å²) in [5, 5.41) is 6.59. The lowest BCUT2D eigenvalue weighted by Crippen LogP contribution is -2.38. The van der Waals surface area contributed by atoms with E-state index >= 15 is 0 Å². The molecule has 1 aliphatic rings. The molecule has 1 atom stereocenters. The van der Waals surface area contributed by atoms with Crippen molar-refractivity contribution in [1.82, 2.24) is 10.3 Å². The smallest absolute Gasteiger partial charge is 0.117 e. The van der Waals surface area contributed by atoms with Crippen molar-refractivity contribution in [3.8, 4) is 0 Å². The van der Waals surface area contributed by atoms with Crippen molar-refractivity contribution in [2.45, 2.75) is 25.9 Å². The van der Waals surface area contributed by atoms with E-state index in [1.54, 1.807) is 25.7 Å². The van der Waals surface area contributed by atoms with Crippen LogP contribution in [0.3, 0.4) is 0 Å². The van der Waals surface area contributed by atoms with Crippen LogP contribution in [0.25, 0.3) is 11.6 Å². The Morgan fingerprint density at radius 1 is 1.38 bits per heavy atom. The Morgan fingerprint density at radius 2 is 2.19 bits per heavy atom. The molecule has 7 heteroatoms. The minimum atomic E-state index is -0.151. The summed E-state index contributed by atoms with van der Waals surface area (Å²) in [7, 11) is 1.70. The van der Waals surface area contributed by atoms with Crippen LogP contribution >= 0.6 is 0 Å². The van der Waals surface area contributed by atoms with Crippen LogP contribution in [-0.4, -0.2) is 24.4 Å². The highest BCUT2D eigenvalue weighted by Crippen LogP contribution is 2.24. The molecule has 1 aromatic heterocycles. The van der Waals surface area contributed by atoms with Crippen LogP contribution in [0.1, 0.15) is 31.0 Å². The predicted molar refractivity (Wildman–Crippen MR) is 110 cm³/mol. The van der Waals surface area contributed by atoms with Crippen molar-refractivity contribution in [3.05, 3.63) is 59.5 Å². The third kappa shape index (κ3) is 4.89. The summed E-state index contributed by atoms with van der Waals surface area (Å²) >= 11 is 0. The number of fused-ring (bicyclic) bond motifs is 1. The van der Waals surface area contributed by atoms with Crippen molar-refractivity contribution in [1.29, 1.82) is 0 Å². The van der Waals surface area contributed by atoms with E-state index in [1.165, 1.54) is 6.20 Å². The molecule has 138 valence electrons. The molecular formula is C19H27N7. The number of nitrogens with one attached hydrogen (secondary N) is 2. The molecule has 0 saturated carbocycles. The molecule has 1 aliphatic heterocycles. The highest BCUT2D eigenvalue weighted by Gasteiger charge is 2.15. The summed E-state index contributed by atoms with van der Waals surface area (Å²) in [4.78, 5) is 8.48. The molecule has 1 aromatic rings. The number of rotatable bonds is 7. The zero-order valence-electron chi connectivity index (χ0n) is 15.2. The monoisotopic (exact) mass is 353 g/mol. The van der Waals surface area contributed by atoms with E-state index in [-0.39, 0.29) is 6.17 Å². The molecule has 7 nitrogen and oxygen atoms in total. The number of aromatic nitrogens is 1. The van der Waals surface area contributed by atoms with Gasteiger partial charge in [-0.2, -0.15) is 0 Å². The number of allylic oxidation sites excluding steroid dienone is 3. The minimum Gasteiger partial charge on any atom is -0.404 e. The second kappa shape index (κ2) is 9.31. The van der Waals surface area contributed by atoms with E-state index in [0.717, 1.165) is 40.9 Å². The maximum absolute atomic E-state index is 6.09. The molecule has 26 heavy (non-hydrogen) atoms. The van der Waals surface area contributed by atoms with Crippen LogP contribution < -0.4 is 27.8 Å². The number of anilines is 1. The number of hydrogen-bond donors (Lipinski definition) is 5. The molecule has 0 fully saturated rings. The van der Waals surface area contributed by atoms with Gasteiger partial charge in [0, 0.05) is 36.8 Å². The normalized spacial score (nSPS) is 17.9. The minimum absolute atomic E-state index is 0.151. The number of aliphatic imine (C=N–C) groups is 1. The van der Waals surface area contributed by atoms with E-state index < -0.39 is 0 Å². The van der Waals surface area contributed by atoms with Gasteiger partial charge < -0.3 is 27.8 Å². The first-order valence-corrected chi connectivity index (χ1v) is 8.55. The third-order valence-corrected chi connectivity index (χ3v) is 3.87. The van der Waals surface area contributed by atoms with Gasteiger partial charge >= 0.3 is 0 Å². The Labute approximate surface area is 154 Å². The molecule has 2 rings (SSSR count). The topological polar surface area (TPSA) is 127 Å². The average molecular weight is 353 g/mol. The number of nitrogens with zero attached hydrogens (tertiary/aromatic N) is 2. The van der Waals surface area contributed by atoms with Gasteiger partial charge in [0.05, 0.1) is 17.2 Å². The van der Waals surface area contributed by atoms with Crippen LogP contribution in [0.2, 0.25) is 0 Å². The largest absolute Gasteiger partial charge is 0.404 e. The first-order chi connectivity index (χ1) is 12.6. The Kier molecular flexibility index (Phi) is 6.84. The Bertz CT molecular complexity index is 772. The quantitative estimate of drug-likeness (QED) is 0.376. The fourth-order valence-electron chi connectivity index (χ4n) is 2.63. The SMILES string of the molecule is CCCC(=C/N)/C=C(\N)NC1C=Cc2ncc(C(C=NC)=CN)cc2N1. The van der Waals surface area contributed by atoms with Gasteiger partial charge in [-0.15, -0.1) is 0 Å². The molecule has 8 N–H and O–H groups in total. The van der Waals surface area contributed by atoms with Gasteiger partial charge in [-0.1, -0.05) is 13.3 Å². The fraction of sp³-hybridized carbons (Fsp3) is 0.263. The van der Waals surface area contributed by atoms with E-state index in [2.05, 4.69) is 27.5 Å². The molecular weight excluding hydrogens is 326 g/mol. The molecule has 0 amide bonds. The second-order valence-electron chi connectivity index (χ2n) is 5.88. The molecule has 0 bridgehead atoms. The van der Waals surface area contributed by atoms with Crippen molar-refractivity contribution in [2.75, 3.05) is 12.4 Å². The maximum Gasteiger partial charge on any atom is 0.117 e. The average Bonchev–Trinajstić information content (AvgIpc) is 2.65. The highest BCUT2D eigenvalue weighted by atomic mass is 15.2. The van der Waals surface area contributed by atoms with E-state index in [9.17, 15) is 0 Å². The zero-order valence-corrected chi connectivity index (χ0v) is 15.2. The molecule has 0 aliphatic carbocycles. The summed E-state index contributed by atoms with van der Waals surface area (Å²) in [6.07, 6.45) is 14.1. The lowest BCUT2D eigenvalue weighted by molar-refractivity contribution is 0.727. The van der Waals surface area contributed by atoms with Gasteiger partial charge in [0.25, 0.3) is 0 Å². The van der Waals surface area contributed by atoms with Gasteiger partial charge in [0.1, 0.15) is 6.17 Å². The maximum atomic E-state index is 6.09. The van der Waals surface area contributed by atoms with Gasteiger partial charge in [-0.25, -0.2) is 0 Å². The molecule has 0 spiro atoms. The lowest BCUT2D eigenvalue weighted by Gasteiger charge is -2.24. The van der Waals surface area contributed by atoms with E-state index in [4.69, 9.17) is 17.2 Å². The first kappa shape index (κ1) is 19.1. The summed E-state index contributed by atoms with van der Waals surface area (Å²) in [6.45, 7) is 2.10. The first-order valence-electron chi connectivity index (χ1n) is 8.55. The lowest BCUT2D eigenvalue weighted by atomic mass is 10.1. The highest BCUT2D eigenvalue weighted by molar-refractivity contribution is 6.09. The Hall–Kier alpha value is -3.22. The van der Waals surface area contributed by atoms with Crippen molar-refractivity contribution in [2.24, 2.45) is 22.2 Å². The summed E-state index contributed by atoms with van der Waals surface area (Å²) < 4.78 is 0. The molecule has 0 saturated heterocycles.